The average molecular weight is 490 g/mol. The van der Waals surface area contributed by atoms with Crippen LogP contribution in [0.5, 0.6) is 11.5 Å². The predicted octanol–water partition coefficient (Wildman–Crippen LogP) is 2.01. The predicted molar refractivity (Wildman–Crippen MR) is 138 cm³/mol. The summed E-state index contributed by atoms with van der Waals surface area (Å²) in [6.45, 7) is 6.94. The van der Waals surface area contributed by atoms with E-state index in [-0.39, 0.29) is 11.9 Å². The third-order valence-corrected chi connectivity index (χ3v) is 5.79. The van der Waals surface area contributed by atoms with Crippen molar-refractivity contribution in [1.82, 2.24) is 30.0 Å². The molecule has 1 aliphatic rings. The number of nitrogens with zero attached hydrogens (tertiary/aromatic N) is 5. The number of benzene rings is 1. The fraction of sp³-hybridized carbons (Fsp3) is 0.385. The Kier molecular flexibility index (Phi) is 7.71. The molecule has 2 aromatic heterocycles. The van der Waals surface area contributed by atoms with E-state index in [9.17, 15) is 4.79 Å². The zero-order valence-corrected chi connectivity index (χ0v) is 21.0. The summed E-state index contributed by atoms with van der Waals surface area (Å²) in [6, 6.07) is 5.39. The van der Waals surface area contributed by atoms with Crippen LogP contribution < -0.4 is 20.5 Å². The average Bonchev–Trinajstić information content (AvgIpc) is 3.20. The summed E-state index contributed by atoms with van der Waals surface area (Å²) in [6.07, 6.45) is 4.88. The van der Waals surface area contributed by atoms with Gasteiger partial charge in [0.05, 0.1) is 25.6 Å². The van der Waals surface area contributed by atoms with Gasteiger partial charge in [0.1, 0.15) is 29.3 Å². The maximum atomic E-state index is 12.5. The Morgan fingerprint density at radius 2 is 1.92 bits per heavy atom. The van der Waals surface area contributed by atoms with Gasteiger partial charge in [-0.25, -0.2) is 14.6 Å². The number of carbonyl (C=O) groups excluding carboxylic acids is 1. The van der Waals surface area contributed by atoms with Crippen LogP contribution in [0.25, 0.3) is 11.0 Å². The molecular weight excluding hydrogens is 458 g/mol. The summed E-state index contributed by atoms with van der Waals surface area (Å²) in [5.74, 6) is 8.35. The quantitative estimate of drug-likeness (QED) is 0.280. The minimum absolute atomic E-state index is 0.0183. The van der Waals surface area contributed by atoms with Crippen molar-refractivity contribution in [2.24, 2.45) is 5.92 Å². The molecule has 1 aromatic carbocycles. The van der Waals surface area contributed by atoms with Gasteiger partial charge in [0.25, 0.3) is 0 Å². The Bertz CT molecular complexity index is 1310. The van der Waals surface area contributed by atoms with E-state index in [1.807, 2.05) is 18.2 Å². The van der Waals surface area contributed by atoms with Crippen molar-refractivity contribution in [2.75, 3.05) is 46.1 Å². The van der Waals surface area contributed by atoms with Crippen molar-refractivity contribution in [3.05, 3.63) is 47.9 Å². The zero-order chi connectivity index (χ0) is 25.7. The summed E-state index contributed by atoms with van der Waals surface area (Å²) in [5.41, 5.74) is 7.96. The maximum absolute atomic E-state index is 12.5. The van der Waals surface area contributed by atoms with Crippen LogP contribution in [0.15, 0.2) is 36.7 Å². The molecule has 3 N–H and O–H groups in total. The maximum Gasteiger partial charge on any atom is 0.246 e. The van der Waals surface area contributed by atoms with Crippen LogP contribution in [0, 0.1) is 17.8 Å². The number of hydrogen-bond acceptors (Lipinski definition) is 8. The van der Waals surface area contributed by atoms with E-state index in [4.69, 9.17) is 20.3 Å². The number of carbonyl (C=O) groups is 1. The molecule has 3 aromatic rings. The first-order chi connectivity index (χ1) is 17.4. The molecule has 1 amide bonds. The van der Waals surface area contributed by atoms with Gasteiger partial charge >= 0.3 is 0 Å². The molecule has 10 nitrogen and oxygen atoms in total. The van der Waals surface area contributed by atoms with Gasteiger partial charge in [0.15, 0.2) is 5.65 Å². The van der Waals surface area contributed by atoms with Crippen LogP contribution in [-0.4, -0.2) is 71.0 Å². The van der Waals surface area contributed by atoms with E-state index in [1.54, 1.807) is 35.9 Å². The number of fused-ring (bicyclic) bond motifs is 1. The second-order valence-corrected chi connectivity index (χ2v) is 8.95. The first-order valence-corrected chi connectivity index (χ1v) is 11.8. The number of nitrogens with one attached hydrogen (secondary N) is 1. The summed E-state index contributed by atoms with van der Waals surface area (Å²) < 4.78 is 12.4. The summed E-state index contributed by atoms with van der Waals surface area (Å²) >= 11 is 0. The van der Waals surface area contributed by atoms with Crippen LogP contribution in [0.1, 0.15) is 31.1 Å². The zero-order valence-electron chi connectivity index (χ0n) is 21.0. The molecule has 0 saturated carbocycles. The smallest absolute Gasteiger partial charge is 0.246 e. The lowest BCUT2D eigenvalue weighted by molar-refractivity contribution is -0.131. The Morgan fingerprint density at radius 3 is 2.58 bits per heavy atom. The number of likely N-dealkylation sites (tertiary alicyclic amines) is 1. The van der Waals surface area contributed by atoms with E-state index in [2.05, 4.69) is 41.0 Å². The number of hydrogen-bond donors (Lipinski definition) is 2. The number of nitrogens with two attached hydrogens (primary N) is 1. The highest BCUT2D eigenvalue weighted by molar-refractivity contribution is 5.91. The van der Waals surface area contributed by atoms with Gasteiger partial charge in [0, 0.05) is 37.3 Å². The van der Waals surface area contributed by atoms with E-state index in [0.717, 1.165) is 6.54 Å². The number of ether oxygens (including phenoxy) is 2. The van der Waals surface area contributed by atoms with Gasteiger partial charge in [-0.05, 0) is 30.5 Å². The molecule has 0 bridgehead atoms. The molecule has 0 radical (unpaired) electrons. The lowest BCUT2D eigenvalue weighted by atomic mass is 10.1. The molecule has 0 atom stereocenters. The highest BCUT2D eigenvalue weighted by Crippen LogP contribution is 2.28. The molecule has 0 aliphatic carbocycles. The van der Waals surface area contributed by atoms with Crippen LogP contribution in [0.4, 0.5) is 5.82 Å². The lowest BCUT2D eigenvalue weighted by Gasteiger charge is -2.38. The van der Waals surface area contributed by atoms with Crippen molar-refractivity contribution < 1.29 is 14.3 Å². The molecule has 0 unspecified atom stereocenters. The molecular formula is C26H31N7O3. The largest absolute Gasteiger partial charge is 0.497 e. The van der Waals surface area contributed by atoms with Crippen molar-refractivity contribution in [1.29, 1.82) is 0 Å². The Morgan fingerprint density at radius 1 is 1.19 bits per heavy atom. The Balaban J connectivity index is 1.51. The van der Waals surface area contributed by atoms with Crippen LogP contribution >= 0.6 is 0 Å². The molecule has 188 valence electrons. The SMILES string of the molecule is COc1cc(C#Cc2nn(C3CN(C(=O)C=CCNCC(C)C)C3)c3ncnc(N)c23)cc(OC)c1. The van der Waals surface area contributed by atoms with Gasteiger partial charge in [-0.15, -0.1) is 0 Å². The molecule has 3 heterocycles. The summed E-state index contributed by atoms with van der Waals surface area (Å²) in [5, 5.41) is 8.59. The highest BCUT2D eigenvalue weighted by atomic mass is 16.5. The standard InChI is InChI=1S/C26H31N7O3/c1-17(2)13-28-9-5-6-23(34)32-14-19(15-32)33-26-24(25(27)29-16-30-26)22(31-33)8-7-18-10-20(35-3)12-21(11-18)36-4/h5-6,10-12,16-17,19,28H,9,13-15H2,1-4H3,(H2,27,29,30). The number of nitrogen functional groups attached to an aromatic ring is 1. The van der Waals surface area contributed by atoms with E-state index in [0.29, 0.717) is 65.2 Å². The second kappa shape index (κ2) is 11.1. The van der Waals surface area contributed by atoms with E-state index < -0.39 is 0 Å². The van der Waals surface area contributed by atoms with Crippen molar-refractivity contribution >= 4 is 22.8 Å². The molecule has 4 rings (SSSR count). The number of methoxy groups -OCH3 is 2. The second-order valence-electron chi connectivity index (χ2n) is 8.95. The topological polar surface area (TPSA) is 120 Å². The fourth-order valence-corrected chi connectivity index (χ4v) is 3.86. The molecule has 36 heavy (non-hydrogen) atoms. The van der Waals surface area contributed by atoms with Crippen molar-refractivity contribution in [2.45, 2.75) is 19.9 Å². The van der Waals surface area contributed by atoms with Crippen molar-refractivity contribution in [3.8, 4) is 23.3 Å². The third-order valence-electron chi connectivity index (χ3n) is 5.79. The normalized spacial score (nSPS) is 13.6. The summed E-state index contributed by atoms with van der Waals surface area (Å²) in [4.78, 5) is 22.8. The Hall–Kier alpha value is -4.10. The number of rotatable bonds is 8. The monoisotopic (exact) mass is 489 g/mol. The number of anilines is 1. The van der Waals surface area contributed by atoms with E-state index in [1.165, 1.54) is 6.33 Å². The highest BCUT2D eigenvalue weighted by Gasteiger charge is 2.33. The lowest BCUT2D eigenvalue weighted by Crippen LogP contribution is -2.50. The van der Waals surface area contributed by atoms with Crippen LogP contribution in [-0.2, 0) is 4.79 Å². The van der Waals surface area contributed by atoms with Gasteiger partial charge in [-0.1, -0.05) is 25.8 Å². The van der Waals surface area contributed by atoms with Crippen LogP contribution in [0.3, 0.4) is 0 Å². The molecule has 1 saturated heterocycles. The first-order valence-electron chi connectivity index (χ1n) is 11.8. The van der Waals surface area contributed by atoms with Gasteiger partial charge in [-0.3, -0.25) is 4.79 Å². The molecule has 1 fully saturated rings. The molecule has 10 heteroatoms. The van der Waals surface area contributed by atoms with Crippen molar-refractivity contribution in [3.63, 3.8) is 0 Å². The minimum Gasteiger partial charge on any atom is -0.497 e. The van der Waals surface area contributed by atoms with E-state index >= 15 is 0 Å². The number of amides is 1. The molecule has 0 spiro atoms. The summed E-state index contributed by atoms with van der Waals surface area (Å²) in [7, 11) is 3.18. The molecule has 1 aliphatic heterocycles. The van der Waals surface area contributed by atoms with Gasteiger partial charge in [-0.2, -0.15) is 5.10 Å². The first kappa shape index (κ1) is 25.0. The van der Waals surface area contributed by atoms with Gasteiger partial charge < -0.3 is 25.4 Å². The van der Waals surface area contributed by atoms with Crippen LogP contribution in [0.2, 0.25) is 0 Å². The number of aromatic nitrogens is 4. The fourth-order valence-electron chi connectivity index (χ4n) is 3.86. The Labute approximate surface area is 210 Å². The third kappa shape index (κ3) is 5.58. The van der Waals surface area contributed by atoms with Gasteiger partial charge in [0.2, 0.25) is 5.91 Å². The minimum atomic E-state index is -0.0225.